The smallest absolute Gasteiger partial charge is 0.220 e. The first-order valence-electron chi connectivity index (χ1n) is 9.19. The van der Waals surface area contributed by atoms with Gasteiger partial charge in [0.05, 0.1) is 20.5 Å². The standard InChI is InChI=1S/C22H25N3O3/c1-27-20-8-9-21(28-2)17(13-20)7-10-22(26)24-14-18-5-3-4-6-19(18)15-25-12-11-23-16-25/h3-6,8-9,11-13,16H,7,10,14-15H2,1-2H3,(H,24,26). The van der Waals surface area contributed by atoms with Crippen molar-refractivity contribution in [3.63, 3.8) is 0 Å². The Morgan fingerprint density at radius 1 is 1.07 bits per heavy atom. The van der Waals surface area contributed by atoms with E-state index in [1.165, 1.54) is 0 Å². The van der Waals surface area contributed by atoms with Crippen LogP contribution in [0.3, 0.4) is 0 Å². The van der Waals surface area contributed by atoms with Crippen LogP contribution in [0.2, 0.25) is 0 Å². The maximum Gasteiger partial charge on any atom is 0.220 e. The average Bonchev–Trinajstić information content (AvgIpc) is 3.24. The summed E-state index contributed by atoms with van der Waals surface area (Å²) in [5.41, 5.74) is 3.22. The molecule has 0 unspecified atom stereocenters. The Labute approximate surface area is 165 Å². The van der Waals surface area contributed by atoms with E-state index >= 15 is 0 Å². The summed E-state index contributed by atoms with van der Waals surface area (Å²) in [6.45, 7) is 1.23. The molecular weight excluding hydrogens is 354 g/mol. The van der Waals surface area contributed by atoms with Crippen molar-refractivity contribution in [2.45, 2.75) is 25.9 Å². The number of methoxy groups -OCH3 is 2. The van der Waals surface area contributed by atoms with E-state index in [1.807, 2.05) is 47.2 Å². The first-order chi connectivity index (χ1) is 13.7. The van der Waals surface area contributed by atoms with Crippen molar-refractivity contribution in [2.75, 3.05) is 14.2 Å². The van der Waals surface area contributed by atoms with Gasteiger partial charge >= 0.3 is 0 Å². The quantitative estimate of drug-likeness (QED) is 0.620. The molecule has 0 aliphatic carbocycles. The molecule has 6 heteroatoms. The molecule has 1 heterocycles. The highest BCUT2D eigenvalue weighted by Gasteiger charge is 2.09. The van der Waals surface area contributed by atoms with Gasteiger partial charge in [0.1, 0.15) is 11.5 Å². The fraction of sp³-hybridized carbons (Fsp3) is 0.273. The lowest BCUT2D eigenvalue weighted by molar-refractivity contribution is -0.121. The molecule has 6 nitrogen and oxygen atoms in total. The average molecular weight is 379 g/mol. The van der Waals surface area contributed by atoms with E-state index in [9.17, 15) is 4.79 Å². The van der Waals surface area contributed by atoms with Gasteiger partial charge in [-0.1, -0.05) is 24.3 Å². The van der Waals surface area contributed by atoms with Gasteiger partial charge in [-0.25, -0.2) is 4.98 Å². The van der Waals surface area contributed by atoms with Crippen molar-refractivity contribution in [3.8, 4) is 11.5 Å². The van der Waals surface area contributed by atoms with E-state index in [2.05, 4.69) is 16.4 Å². The molecule has 1 aromatic heterocycles. The number of carbonyl (C=O) groups is 1. The van der Waals surface area contributed by atoms with Crippen LogP contribution < -0.4 is 14.8 Å². The van der Waals surface area contributed by atoms with Crippen molar-refractivity contribution >= 4 is 5.91 Å². The van der Waals surface area contributed by atoms with Gasteiger partial charge in [-0.3, -0.25) is 4.79 Å². The normalized spacial score (nSPS) is 10.5. The fourth-order valence-corrected chi connectivity index (χ4v) is 3.07. The lowest BCUT2D eigenvalue weighted by atomic mass is 10.1. The van der Waals surface area contributed by atoms with Crippen molar-refractivity contribution in [1.29, 1.82) is 0 Å². The Bertz CT molecular complexity index is 907. The number of amides is 1. The van der Waals surface area contributed by atoms with Crippen molar-refractivity contribution in [2.24, 2.45) is 0 Å². The molecule has 0 fully saturated rings. The van der Waals surface area contributed by atoms with Crippen LogP contribution in [0, 0.1) is 0 Å². The third kappa shape index (κ3) is 5.13. The highest BCUT2D eigenvalue weighted by Crippen LogP contribution is 2.25. The fourth-order valence-electron chi connectivity index (χ4n) is 3.07. The van der Waals surface area contributed by atoms with Crippen LogP contribution >= 0.6 is 0 Å². The predicted octanol–water partition coefficient (Wildman–Crippen LogP) is 3.20. The van der Waals surface area contributed by atoms with Crippen LogP contribution in [0.1, 0.15) is 23.1 Å². The topological polar surface area (TPSA) is 65.4 Å². The monoisotopic (exact) mass is 379 g/mol. The SMILES string of the molecule is COc1ccc(OC)c(CCC(=O)NCc2ccccc2Cn2ccnc2)c1. The second-order valence-electron chi connectivity index (χ2n) is 6.46. The van der Waals surface area contributed by atoms with E-state index in [1.54, 1.807) is 26.7 Å². The molecule has 3 aromatic rings. The molecule has 0 spiro atoms. The van der Waals surface area contributed by atoms with Crippen LogP contribution in [0.15, 0.2) is 61.2 Å². The summed E-state index contributed by atoms with van der Waals surface area (Å²) in [7, 11) is 3.25. The molecule has 3 rings (SSSR count). The maximum absolute atomic E-state index is 12.4. The number of aryl methyl sites for hydroxylation is 1. The van der Waals surface area contributed by atoms with Crippen molar-refractivity contribution < 1.29 is 14.3 Å². The van der Waals surface area contributed by atoms with E-state index in [4.69, 9.17) is 9.47 Å². The van der Waals surface area contributed by atoms with Crippen molar-refractivity contribution in [1.82, 2.24) is 14.9 Å². The molecule has 0 aliphatic heterocycles. The van der Waals surface area contributed by atoms with Gasteiger partial charge in [-0.15, -0.1) is 0 Å². The Balaban J connectivity index is 1.57. The number of imidazole rings is 1. The summed E-state index contributed by atoms with van der Waals surface area (Å²) < 4.78 is 12.6. The number of ether oxygens (including phenoxy) is 2. The van der Waals surface area contributed by atoms with Gasteiger partial charge in [0, 0.05) is 31.9 Å². The van der Waals surface area contributed by atoms with Gasteiger partial charge < -0.3 is 19.4 Å². The molecule has 0 bridgehead atoms. The lowest BCUT2D eigenvalue weighted by Crippen LogP contribution is -2.24. The molecule has 28 heavy (non-hydrogen) atoms. The number of carbonyl (C=O) groups excluding carboxylic acids is 1. The van der Waals surface area contributed by atoms with E-state index < -0.39 is 0 Å². The van der Waals surface area contributed by atoms with Crippen LogP contribution in [-0.2, 0) is 24.3 Å². The number of aromatic nitrogens is 2. The van der Waals surface area contributed by atoms with Crippen LogP contribution in [0.5, 0.6) is 11.5 Å². The zero-order chi connectivity index (χ0) is 19.8. The van der Waals surface area contributed by atoms with Gasteiger partial charge in [-0.2, -0.15) is 0 Å². The number of rotatable bonds is 9. The van der Waals surface area contributed by atoms with Gasteiger partial charge in [-0.05, 0) is 41.3 Å². The Hall–Kier alpha value is -3.28. The molecule has 0 radical (unpaired) electrons. The summed E-state index contributed by atoms with van der Waals surface area (Å²) in [4.78, 5) is 16.4. The van der Waals surface area contributed by atoms with E-state index in [-0.39, 0.29) is 5.91 Å². The summed E-state index contributed by atoms with van der Waals surface area (Å²) in [6.07, 6.45) is 6.45. The molecule has 146 valence electrons. The molecule has 0 saturated heterocycles. The highest BCUT2D eigenvalue weighted by molar-refractivity contribution is 5.76. The van der Waals surface area contributed by atoms with Crippen LogP contribution in [0.4, 0.5) is 0 Å². The van der Waals surface area contributed by atoms with Gasteiger partial charge in [0.15, 0.2) is 0 Å². The third-order valence-electron chi connectivity index (χ3n) is 4.62. The Kier molecular flexibility index (Phi) is 6.68. The third-order valence-corrected chi connectivity index (χ3v) is 4.62. The number of nitrogens with one attached hydrogen (secondary N) is 1. The summed E-state index contributed by atoms with van der Waals surface area (Å²) in [6, 6.07) is 13.7. The second kappa shape index (κ2) is 9.60. The molecule has 0 atom stereocenters. The largest absolute Gasteiger partial charge is 0.497 e. The van der Waals surface area contributed by atoms with Crippen molar-refractivity contribution in [3.05, 3.63) is 77.9 Å². The zero-order valence-corrected chi connectivity index (χ0v) is 16.2. The maximum atomic E-state index is 12.4. The summed E-state index contributed by atoms with van der Waals surface area (Å²) >= 11 is 0. The molecule has 2 aromatic carbocycles. The van der Waals surface area contributed by atoms with E-state index in [0.717, 1.165) is 34.7 Å². The Morgan fingerprint density at radius 3 is 2.61 bits per heavy atom. The second-order valence-corrected chi connectivity index (χ2v) is 6.46. The number of hydrogen-bond donors (Lipinski definition) is 1. The minimum Gasteiger partial charge on any atom is -0.497 e. The van der Waals surface area contributed by atoms with Gasteiger partial charge in [0.25, 0.3) is 0 Å². The molecule has 1 N–H and O–H groups in total. The first kappa shape index (κ1) is 19.5. The molecule has 0 saturated carbocycles. The minimum absolute atomic E-state index is 0.00214. The molecular formula is C22H25N3O3. The zero-order valence-electron chi connectivity index (χ0n) is 16.2. The molecule has 1 amide bonds. The minimum atomic E-state index is 0.00214. The number of hydrogen-bond acceptors (Lipinski definition) is 4. The summed E-state index contributed by atoms with van der Waals surface area (Å²) in [5, 5.41) is 3.02. The number of nitrogens with zero attached hydrogens (tertiary/aromatic N) is 2. The van der Waals surface area contributed by atoms with Crippen LogP contribution in [-0.4, -0.2) is 29.7 Å². The summed E-state index contributed by atoms with van der Waals surface area (Å²) in [5.74, 6) is 1.52. The first-order valence-corrected chi connectivity index (χ1v) is 9.19. The van der Waals surface area contributed by atoms with Crippen LogP contribution in [0.25, 0.3) is 0 Å². The van der Waals surface area contributed by atoms with E-state index in [0.29, 0.717) is 19.4 Å². The molecule has 0 aliphatic rings. The number of benzene rings is 2. The Morgan fingerprint density at radius 2 is 1.89 bits per heavy atom. The lowest BCUT2D eigenvalue weighted by Gasteiger charge is -2.12. The van der Waals surface area contributed by atoms with Gasteiger partial charge in [0.2, 0.25) is 5.91 Å². The highest BCUT2D eigenvalue weighted by atomic mass is 16.5. The predicted molar refractivity (Wildman–Crippen MR) is 107 cm³/mol.